The lowest BCUT2D eigenvalue weighted by molar-refractivity contribution is 0.0181. The number of piperidine rings is 1. The third-order valence-electron chi connectivity index (χ3n) is 5.91. The van der Waals surface area contributed by atoms with Gasteiger partial charge >= 0.3 is 6.09 Å². The van der Waals surface area contributed by atoms with Crippen LogP contribution in [-0.4, -0.2) is 39.7 Å². The average molecular weight is 452 g/mol. The van der Waals surface area contributed by atoms with Crippen molar-refractivity contribution in [2.75, 3.05) is 13.1 Å². The van der Waals surface area contributed by atoms with Crippen LogP contribution in [-0.2, 0) is 11.2 Å². The topological polar surface area (TPSA) is 55.3 Å². The lowest BCUT2D eigenvalue weighted by atomic mass is 9.91. The van der Waals surface area contributed by atoms with Crippen LogP contribution in [0.3, 0.4) is 0 Å². The highest BCUT2D eigenvalue weighted by atomic mass is 35.5. The molecule has 3 aromatic rings. The molecule has 2 aromatic heterocycles. The first-order valence-corrected chi connectivity index (χ1v) is 11.6. The number of nitrogens with zero attached hydrogens (tertiary/aromatic N) is 3. The second-order valence-electron chi connectivity index (χ2n) is 9.52. The van der Waals surface area contributed by atoms with Gasteiger partial charge in [-0.1, -0.05) is 23.7 Å². The number of hydrogen-bond acceptors (Lipinski definition) is 4. The number of rotatable bonds is 4. The molecule has 0 saturated carbocycles. The van der Waals surface area contributed by atoms with Gasteiger partial charge < -0.3 is 9.64 Å². The van der Waals surface area contributed by atoms with Crippen molar-refractivity contribution in [2.24, 2.45) is 5.92 Å². The van der Waals surface area contributed by atoms with Gasteiger partial charge in [0.1, 0.15) is 5.60 Å². The van der Waals surface area contributed by atoms with E-state index in [0.717, 1.165) is 66.5 Å². The van der Waals surface area contributed by atoms with E-state index in [1.807, 2.05) is 56.3 Å². The van der Waals surface area contributed by atoms with Crippen molar-refractivity contribution in [1.82, 2.24) is 14.9 Å². The largest absolute Gasteiger partial charge is 0.444 e. The van der Waals surface area contributed by atoms with Gasteiger partial charge in [-0.25, -0.2) is 4.79 Å². The maximum atomic E-state index is 12.2. The molecule has 1 saturated heterocycles. The zero-order chi connectivity index (χ0) is 22.7. The minimum absolute atomic E-state index is 0.197. The molecule has 1 aromatic carbocycles. The van der Waals surface area contributed by atoms with Gasteiger partial charge in [-0.2, -0.15) is 0 Å². The number of likely N-dealkylation sites (tertiary alicyclic amines) is 1. The number of pyridine rings is 2. The Bertz CT molecular complexity index is 1080. The summed E-state index contributed by atoms with van der Waals surface area (Å²) in [5.74, 6) is 0.613. The number of ether oxygens (including phenoxy) is 1. The van der Waals surface area contributed by atoms with Crippen LogP contribution in [0.5, 0.6) is 0 Å². The fourth-order valence-corrected chi connectivity index (χ4v) is 4.33. The monoisotopic (exact) mass is 451 g/mol. The van der Waals surface area contributed by atoms with Gasteiger partial charge in [0.15, 0.2) is 0 Å². The highest BCUT2D eigenvalue weighted by Crippen LogP contribution is 2.27. The Labute approximate surface area is 194 Å². The molecule has 0 unspecified atom stereocenters. The predicted molar refractivity (Wildman–Crippen MR) is 129 cm³/mol. The van der Waals surface area contributed by atoms with E-state index in [-0.39, 0.29) is 6.09 Å². The first kappa shape index (κ1) is 22.5. The molecular formula is C26H30ClN3O2. The van der Waals surface area contributed by atoms with Crippen molar-refractivity contribution in [3.8, 4) is 11.3 Å². The summed E-state index contributed by atoms with van der Waals surface area (Å²) in [5.41, 5.74) is 2.54. The van der Waals surface area contributed by atoms with Gasteiger partial charge in [0.25, 0.3) is 0 Å². The quantitative estimate of drug-likeness (QED) is 0.452. The second-order valence-corrected chi connectivity index (χ2v) is 9.93. The molecule has 6 heteroatoms. The van der Waals surface area contributed by atoms with E-state index in [9.17, 15) is 4.79 Å². The Morgan fingerprint density at radius 1 is 1.12 bits per heavy atom. The molecule has 0 aliphatic carbocycles. The first-order valence-electron chi connectivity index (χ1n) is 11.3. The summed E-state index contributed by atoms with van der Waals surface area (Å²) in [6, 6.07) is 12.1. The number of halogens is 1. The lowest BCUT2D eigenvalue weighted by Crippen LogP contribution is -2.41. The second kappa shape index (κ2) is 9.45. The van der Waals surface area contributed by atoms with Crippen molar-refractivity contribution in [1.29, 1.82) is 0 Å². The lowest BCUT2D eigenvalue weighted by Gasteiger charge is -2.33. The van der Waals surface area contributed by atoms with Crippen LogP contribution in [0.4, 0.5) is 4.79 Å². The zero-order valence-corrected chi connectivity index (χ0v) is 19.7. The number of aromatic nitrogens is 2. The molecule has 3 heterocycles. The van der Waals surface area contributed by atoms with Crippen LogP contribution in [0, 0.1) is 5.92 Å². The molecule has 0 spiro atoms. The number of fused-ring (bicyclic) bond motifs is 1. The summed E-state index contributed by atoms with van der Waals surface area (Å²) < 4.78 is 5.48. The van der Waals surface area contributed by atoms with Gasteiger partial charge in [0.05, 0.1) is 5.69 Å². The molecule has 0 N–H and O–H groups in total. The minimum Gasteiger partial charge on any atom is -0.444 e. The maximum absolute atomic E-state index is 12.2. The summed E-state index contributed by atoms with van der Waals surface area (Å²) >= 11 is 6.25. The number of aryl methyl sites for hydroxylation is 1. The first-order chi connectivity index (χ1) is 15.3. The predicted octanol–water partition coefficient (Wildman–Crippen LogP) is 6.53. The van der Waals surface area contributed by atoms with Crippen LogP contribution in [0.15, 0.2) is 48.8 Å². The zero-order valence-electron chi connectivity index (χ0n) is 19.0. The highest BCUT2D eigenvalue weighted by molar-refractivity contribution is 6.35. The molecule has 32 heavy (non-hydrogen) atoms. The number of benzene rings is 1. The van der Waals surface area contributed by atoms with E-state index in [1.54, 1.807) is 0 Å². The van der Waals surface area contributed by atoms with E-state index in [2.05, 4.69) is 28.2 Å². The van der Waals surface area contributed by atoms with E-state index in [0.29, 0.717) is 10.9 Å². The molecule has 1 aliphatic rings. The number of hydrogen-bond donors (Lipinski definition) is 0. The van der Waals surface area contributed by atoms with Crippen molar-refractivity contribution >= 4 is 28.5 Å². The van der Waals surface area contributed by atoms with Crippen LogP contribution in [0.1, 0.15) is 45.7 Å². The fraction of sp³-hybridized carbons (Fsp3) is 0.423. The standard InChI is InChI=1S/C26H30ClN3O2/c1-26(2,3)32-25(31)30-13-11-18(12-14-30)7-9-21-10-8-20(16-28-21)24-15-19-5-4-6-23(27)22(19)17-29-24/h4-6,8,10,15-18H,7,9,11-14H2,1-3H3. The summed E-state index contributed by atoms with van der Waals surface area (Å²) in [6.07, 6.45) is 7.59. The molecule has 1 fully saturated rings. The molecule has 0 bridgehead atoms. The maximum Gasteiger partial charge on any atom is 0.410 e. The molecule has 5 nitrogen and oxygen atoms in total. The Morgan fingerprint density at radius 2 is 1.91 bits per heavy atom. The number of carbonyl (C=O) groups excluding carboxylic acids is 1. The van der Waals surface area contributed by atoms with Crippen LogP contribution >= 0.6 is 11.6 Å². The molecule has 168 valence electrons. The van der Waals surface area contributed by atoms with E-state index in [4.69, 9.17) is 16.3 Å². The normalized spacial score (nSPS) is 15.2. The van der Waals surface area contributed by atoms with Crippen molar-refractivity contribution in [2.45, 2.75) is 52.1 Å². The molecule has 0 radical (unpaired) electrons. The Balaban J connectivity index is 1.30. The Morgan fingerprint density at radius 3 is 2.59 bits per heavy atom. The van der Waals surface area contributed by atoms with E-state index in [1.165, 1.54) is 0 Å². The smallest absolute Gasteiger partial charge is 0.410 e. The third kappa shape index (κ3) is 5.57. The molecule has 0 atom stereocenters. The summed E-state index contributed by atoms with van der Waals surface area (Å²) in [7, 11) is 0. The van der Waals surface area contributed by atoms with Crippen molar-refractivity contribution < 1.29 is 9.53 Å². The molecule has 1 amide bonds. The molecule has 4 rings (SSSR count). The highest BCUT2D eigenvalue weighted by Gasteiger charge is 2.26. The van der Waals surface area contributed by atoms with Crippen LogP contribution < -0.4 is 0 Å². The average Bonchev–Trinajstić information content (AvgIpc) is 2.77. The molecular weight excluding hydrogens is 422 g/mol. The summed E-state index contributed by atoms with van der Waals surface area (Å²) in [6.45, 7) is 7.25. The fourth-order valence-electron chi connectivity index (χ4n) is 4.10. The van der Waals surface area contributed by atoms with Gasteiger partial charge in [0, 0.05) is 47.1 Å². The molecule has 1 aliphatic heterocycles. The van der Waals surface area contributed by atoms with Crippen molar-refractivity contribution in [3.05, 3.63) is 59.5 Å². The van der Waals surface area contributed by atoms with E-state index < -0.39 is 5.60 Å². The van der Waals surface area contributed by atoms with Crippen molar-refractivity contribution in [3.63, 3.8) is 0 Å². The number of amides is 1. The number of carbonyl (C=O) groups is 1. The van der Waals surface area contributed by atoms with Gasteiger partial charge in [-0.3, -0.25) is 9.97 Å². The minimum atomic E-state index is -0.443. The van der Waals surface area contributed by atoms with E-state index >= 15 is 0 Å². The third-order valence-corrected chi connectivity index (χ3v) is 6.24. The summed E-state index contributed by atoms with van der Waals surface area (Å²) in [4.78, 5) is 23.3. The Kier molecular flexibility index (Phi) is 6.66. The van der Waals surface area contributed by atoms with Crippen LogP contribution in [0.25, 0.3) is 22.0 Å². The van der Waals surface area contributed by atoms with Gasteiger partial charge in [-0.05, 0) is 82.0 Å². The van der Waals surface area contributed by atoms with Gasteiger partial charge in [0.2, 0.25) is 0 Å². The SMILES string of the molecule is CC(C)(C)OC(=O)N1CCC(CCc2ccc(-c3cc4cccc(Cl)c4cn3)cn2)CC1. The van der Waals surface area contributed by atoms with Gasteiger partial charge in [-0.15, -0.1) is 0 Å². The van der Waals surface area contributed by atoms with Crippen LogP contribution in [0.2, 0.25) is 5.02 Å². The Hall–Kier alpha value is -2.66. The summed E-state index contributed by atoms with van der Waals surface area (Å²) in [5, 5.41) is 2.75.